The molecule has 1 saturated heterocycles. The Hall–Kier alpha value is -0.580. The normalized spacial score (nSPS) is 25.8. The van der Waals surface area contributed by atoms with Crippen molar-refractivity contribution in [3.8, 4) is 0 Å². The third kappa shape index (κ3) is 2.69. The Bertz CT molecular complexity index is 281. The largest absolute Gasteiger partial charge is 0.466 e. The van der Waals surface area contributed by atoms with E-state index in [9.17, 15) is 13.2 Å². The summed E-state index contributed by atoms with van der Waals surface area (Å²) in [5, 5.41) is -0.494. The number of esters is 1. The average molecular weight is 206 g/mol. The summed E-state index contributed by atoms with van der Waals surface area (Å²) in [5.41, 5.74) is 0. The zero-order valence-electron chi connectivity index (χ0n) is 7.65. The Kier molecular flexibility index (Phi) is 3.30. The molecule has 1 unspecified atom stereocenters. The molecule has 1 aliphatic rings. The molecular weight excluding hydrogens is 192 g/mol. The molecule has 4 nitrogen and oxygen atoms in total. The number of ether oxygens (including phenoxy) is 1. The van der Waals surface area contributed by atoms with Crippen LogP contribution in [-0.2, 0) is 19.4 Å². The average Bonchev–Trinajstić information content (AvgIpc) is 2.31. The molecule has 1 fully saturated rings. The quantitative estimate of drug-likeness (QED) is 0.631. The van der Waals surface area contributed by atoms with Gasteiger partial charge in [-0.2, -0.15) is 0 Å². The lowest BCUT2D eigenvalue weighted by atomic mass is 10.2. The molecule has 0 saturated carbocycles. The first kappa shape index (κ1) is 10.5. The third-order valence-corrected chi connectivity index (χ3v) is 4.44. The van der Waals surface area contributed by atoms with Gasteiger partial charge in [0.25, 0.3) is 0 Å². The summed E-state index contributed by atoms with van der Waals surface area (Å²) in [5.74, 6) is -0.185. The first-order valence-electron chi connectivity index (χ1n) is 4.43. The van der Waals surface area contributed by atoms with E-state index in [2.05, 4.69) is 0 Å². The van der Waals surface area contributed by atoms with Crippen LogP contribution in [0.25, 0.3) is 0 Å². The van der Waals surface area contributed by atoms with Gasteiger partial charge in [-0.05, 0) is 19.8 Å². The van der Waals surface area contributed by atoms with E-state index in [0.717, 1.165) is 0 Å². The minimum Gasteiger partial charge on any atom is -0.466 e. The van der Waals surface area contributed by atoms with E-state index < -0.39 is 21.1 Å². The smallest absolute Gasteiger partial charge is 0.307 e. The molecule has 1 atom stereocenters. The van der Waals surface area contributed by atoms with Crippen LogP contribution in [0.2, 0.25) is 0 Å². The van der Waals surface area contributed by atoms with Gasteiger partial charge < -0.3 is 4.74 Å². The Morgan fingerprint density at radius 3 is 2.69 bits per heavy atom. The van der Waals surface area contributed by atoms with Gasteiger partial charge in [-0.1, -0.05) is 0 Å². The van der Waals surface area contributed by atoms with Gasteiger partial charge in [-0.25, -0.2) is 8.42 Å². The Morgan fingerprint density at radius 1 is 1.54 bits per heavy atom. The summed E-state index contributed by atoms with van der Waals surface area (Å²) in [6.07, 6.45) is 1.30. The topological polar surface area (TPSA) is 60.4 Å². The highest BCUT2D eigenvalue weighted by Crippen LogP contribution is 2.22. The van der Waals surface area contributed by atoms with Crippen LogP contribution in [0.5, 0.6) is 0 Å². The van der Waals surface area contributed by atoms with Gasteiger partial charge in [0.05, 0.1) is 24.0 Å². The second-order valence-electron chi connectivity index (χ2n) is 3.14. The van der Waals surface area contributed by atoms with Crippen molar-refractivity contribution in [1.82, 2.24) is 0 Å². The zero-order valence-corrected chi connectivity index (χ0v) is 8.47. The van der Waals surface area contributed by atoms with Crippen molar-refractivity contribution in [3.05, 3.63) is 0 Å². The fourth-order valence-electron chi connectivity index (χ4n) is 1.49. The minimum absolute atomic E-state index is 0.0240. The highest BCUT2D eigenvalue weighted by molar-refractivity contribution is 7.92. The molecule has 1 heterocycles. The number of hydrogen-bond donors (Lipinski definition) is 0. The standard InChI is InChI=1S/C8H14O4S/c1-2-12-8(9)6-7-4-3-5-13(7,10)11/h7H,2-6H2,1H3. The minimum atomic E-state index is -3.00. The van der Waals surface area contributed by atoms with Crippen LogP contribution in [0, 0.1) is 0 Å². The fraction of sp³-hybridized carbons (Fsp3) is 0.875. The monoisotopic (exact) mass is 206 g/mol. The van der Waals surface area contributed by atoms with Crippen LogP contribution < -0.4 is 0 Å². The maximum Gasteiger partial charge on any atom is 0.307 e. The number of carbonyl (C=O) groups excluding carboxylic acids is 1. The van der Waals surface area contributed by atoms with E-state index in [1.165, 1.54) is 0 Å². The lowest BCUT2D eigenvalue weighted by molar-refractivity contribution is -0.143. The maximum absolute atomic E-state index is 11.3. The van der Waals surface area contributed by atoms with E-state index in [1.807, 2.05) is 0 Å². The van der Waals surface area contributed by atoms with Gasteiger partial charge in [0, 0.05) is 0 Å². The third-order valence-electron chi connectivity index (χ3n) is 2.16. The van der Waals surface area contributed by atoms with Crippen LogP contribution in [0.15, 0.2) is 0 Å². The number of carbonyl (C=O) groups is 1. The van der Waals surface area contributed by atoms with Gasteiger partial charge in [0.2, 0.25) is 0 Å². The number of hydrogen-bond acceptors (Lipinski definition) is 4. The predicted molar refractivity (Wildman–Crippen MR) is 48.1 cm³/mol. The number of rotatable bonds is 3. The van der Waals surface area contributed by atoms with Gasteiger partial charge in [-0.15, -0.1) is 0 Å². The molecule has 0 spiro atoms. The fourth-order valence-corrected chi connectivity index (χ4v) is 3.31. The first-order valence-corrected chi connectivity index (χ1v) is 6.15. The van der Waals surface area contributed by atoms with Crippen LogP contribution in [-0.4, -0.2) is 32.0 Å². The van der Waals surface area contributed by atoms with Crippen molar-refractivity contribution < 1.29 is 17.9 Å². The molecule has 5 heteroatoms. The van der Waals surface area contributed by atoms with Crippen molar-refractivity contribution in [2.45, 2.75) is 31.4 Å². The molecule has 0 amide bonds. The van der Waals surface area contributed by atoms with Crippen molar-refractivity contribution in [2.75, 3.05) is 12.4 Å². The molecule has 0 aliphatic carbocycles. The van der Waals surface area contributed by atoms with E-state index >= 15 is 0 Å². The van der Waals surface area contributed by atoms with Crippen molar-refractivity contribution in [3.63, 3.8) is 0 Å². The second kappa shape index (κ2) is 4.09. The van der Waals surface area contributed by atoms with Crippen LogP contribution in [0.1, 0.15) is 26.2 Å². The molecule has 1 rings (SSSR count). The molecule has 0 aromatic carbocycles. The molecule has 0 radical (unpaired) electrons. The van der Waals surface area contributed by atoms with Crippen LogP contribution in [0.4, 0.5) is 0 Å². The molecule has 0 aromatic rings. The highest BCUT2D eigenvalue weighted by Gasteiger charge is 2.33. The predicted octanol–water partition coefficient (Wildman–Crippen LogP) is 0.517. The maximum atomic E-state index is 11.3. The van der Waals surface area contributed by atoms with Gasteiger partial charge >= 0.3 is 5.97 Å². The van der Waals surface area contributed by atoms with Crippen molar-refractivity contribution >= 4 is 15.8 Å². The molecule has 13 heavy (non-hydrogen) atoms. The zero-order chi connectivity index (χ0) is 9.90. The van der Waals surface area contributed by atoms with Crippen molar-refractivity contribution in [2.24, 2.45) is 0 Å². The molecule has 76 valence electrons. The molecule has 0 N–H and O–H groups in total. The van der Waals surface area contributed by atoms with Crippen LogP contribution in [0.3, 0.4) is 0 Å². The van der Waals surface area contributed by atoms with Gasteiger partial charge in [0.1, 0.15) is 0 Å². The molecular formula is C8H14O4S. The van der Waals surface area contributed by atoms with E-state index in [4.69, 9.17) is 4.74 Å². The summed E-state index contributed by atoms with van der Waals surface area (Å²) in [6.45, 7) is 2.02. The highest BCUT2D eigenvalue weighted by atomic mass is 32.2. The van der Waals surface area contributed by atoms with Crippen LogP contribution >= 0.6 is 0 Å². The van der Waals surface area contributed by atoms with Gasteiger partial charge in [-0.3, -0.25) is 4.79 Å². The summed E-state index contributed by atoms with van der Waals surface area (Å²) in [4.78, 5) is 11.0. The Balaban J connectivity index is 2.50. The van der Waals surface area contributed by atoms with Gasteiger partial charge in [0.15, 0.2) is 9.84 Å². The molecule has 0 aromatic heterocycles. The molecule has 1 aliphatic heterocycles. The van der Waals surface area contributed by atoms with E-state index in [1.54, 1.807) is 6.92 Å². The molecule has 0 bridgehead atoms. The first-order chi connectivity index (χ1) is 6.06. The summed E-state index contributed by atoms with van der Waals surface area (Å²) < 4.78 is 27.3. The summed E-state index contributed by atoms with van der Waals surface area (Å²) >= 11 is 0. The van der Waals surface area contributed by atoms with Crippen molar-refractivity contribution in [1.29, 1.82) is 0 Å². The van der Waals surface area contributed by atoms with E-state index in [-0.39, 0.29) is 12.2 Å². The summed E-state index contributed by atoms with van der Waals surface area (Å²) in [7, 11) is -3.00. The Morgan fingerprint density at radius 2 is 2.23 bits per heavy atom. The van der Waals surface area contributed by atoms with E-state index in [0.29, 0.717) is 19.4 Å². The second-order valence-corrected chi connectivity index (χ2v) is 5.54. The lowest BCUT2D eigenvalue weighted by Gasteiger charge is -2.07. The SMILES string of the molecule is CCOC(=O)CC1CCCS1(=O)=O. The number of sulfone groups is 1. The summed E-state index contributed by atoms with van der Waals surface area (Å²) in [6, 6.07) is 0. The Labute approximate surface area is 78.2 Å². The lowest BCUT2D eigenvalue weighted by Crippen LogP contribution is -2.21.